The van der Waals surface area contributed by atoms with E-state index < -0.39 is 10.0 Å². The maximum atomic E-state index is 12.5. The number of anilines is 3. The van der Waals surface area contributed by atoms with Crippen LogP contribution in [0.25, 0.3) is 10.9 Å². The van der Waals surface area contributed by atoms with E-state index in [4.69, 9.17) is 23.2 Å². The molecular formula is C20H23Cl2N7O2S. The molecule has 3 heterocycles. The fourth-order valence-electron chi connectivity index (χ4n) is 3.34. The van der Waals surface area contributed by atoms with Gasteiger partial charge in [0.05, 0.1) is 28.2 Å². The number of rotatable bonds is 7. The number of hydrogen-bond donors (Lipinski definition) is 2. The molecule has 1 saturated heterocycles. The minimum Gasteiger partial charge on any atom is -0.368 e. The molecule has 0 aliphatic carbocycles. The lowest BCUT2D eigenvalue weighted by Crippen LogP contribution is -2.45. The third-order valence-electron chi connectivity index (χ3n) is 5.13. The third-order valence-corrected chi connectivity index (χ3v) is 6.93. The molecular weight excluding hydrogens is 473 g/mol. The number of halogens is 2. The minimum atomic E-state index is -3.62. The molecule has 9 nitrogen and oxygen atoms in total. The van der Waals surface area contributed by atoms with Crippen LogP contribution in [-0.2, 0) is 10.0 Å². The van der Waals surface area contributed by atoms with Gasteiger partial charge >= 0.3 is 0 Å². The summed E-state index contributed by atoms with van der Waals surface area (Å²) in [5, 5.41) is 4.46. The van der Waals surface area contributed by atoms with E-state index in [0.717, 1.165) is 26.2 Å². The molecule has 4 rings (SSSR count). The Morgan fingerprint density at radius 3 is 2.59 bits per heavy atom. The number of para-hydroxylation sites is 1. The van der Waals surface area contributed by atoms with Crippen molar-refractivity contribution in [2.75, 3.05) is 60.5 Å². The Balaban J connectivity index is 1.52. The van der Waals surface area contributed by atoms with Gasteiger partial charge in [0.15, 0.2) is 0 Å². The van der Waals surface area contributed by atoms with E-state index >= 15 is 0 Å². The lowest BCUT2D eigenvalue weighted by molar-refractivity contribution is 0.311. The second kappa shape index (κ2) is 9.62. The zero-order chi connectivity index (χ0) is 22.7. The number of fused-ring (bicyclic) bond motifs is 1. The van der Waals surface area contributed by atoms with Crippen molar-refractivity contribution in [3.8, 4) is 0 Å². The Labute approximate surface area is 196 Å². The summed E-state index contributed by atoms with van der Waals surface area (Å²) in [4.78, 5) is 17.8. The first kappa shape index (κ1) is 22.8. The molecule has 1 aromatic carbocycles. The highest BCUT2D eigenvalue weighted by Gasteiger charge is 2.19. The monoisotopic (exact) mass is 495 g/mol. The first-order valence-electron chi connectivity index (χ1n) is 10.1. The second-order valence-electron chi connectivity index (χ2n) is 7.51. The molecule has 3 aromatic rings. The van der Waals surface area contributed by atoms with Crippen LogP contribution >= 0.6 is 23.2 Å². The van der Waals surface area contributed by atoms with E-state index in [1.807, 2.05) is 0 Å². The molecule has 1 fully saturated rings. The normalized spacial score (nSPS) is 15.2. The Kier molecular flexibility index (Phi) is 6.85. The Morgan fingerprint density at radius 1 is 1.09 bits per heavy atom. The predicted octanol–water partition coefficient (Wildman–Crippen LogP) is 2.94. The number of likely N-dealkylation sites (N-methyl/N-ethyl adjacent to an activating group) is 1. The van der Waals surface area contributed by atoms with Crippen molar-refractivity contribution >= 4 is 61.6 Å². The molecule has 0 saturated carbocycles. The number of aromatic nitrogens is 3. The van der Waals surface area contributed by atoms with E-state index in [2.05, 4.69) is 41.8 Å². The summed E-state index contributed by atoms with van der Waals surface area (Å²) < 4.78 is 27.5. The van der Waals surface area contributed by atoms with Crippen molar-refractivity contribution in [2.45, 2.75) is 0 Å². The summed E-state index contributed by atoms with van der Waals surface area (Å²) in [7, 11) is -1.54. The van der Waals surface area contributed by atoms with Crippen molar-refractivity contribution < 1.29 is 8.42 Å². The molecule has 1 aliphatic heterocycles. The Bertz CT molecular complexity index is 1220. The highest BCUT2D eigenvalue weighted by Crippen LogP contribution is 2.26. The van der Waals surface area contributed by atoms with E-state index in [9.17, 15) is 8.42 Å². The van der Waals surface area contributed by atoms with Crippen LogP contribution in [0.2, 0.25) is 10.2 Å². The van der Waals surface area contributed by atoms with Crippen molar-refractivity contribution in [2.24, 2.45) is 0 Å². The van der Waals surface area contributed by atoms with Gasteiger partial charge in [-0.2, -0.15) is 4.98 Å². The van der Waals surface area contributed by atoms with Gasteiger partial charge in [0.25, 0.3) is 0 Å². The molecule has 0 amide bonds. The molecule has 0 atom stereocenters. The molecule has 32 heavy (non-hydrogen) atoms. The summed E-state index contributed by atoms with van der Waals surface area (Å²) in [5.41, 5.74) is 0.981. The average molecular weight is 496 g/mol. The van der Waals surface area contributed by atoms with E-state index in [0.29, 0.717) is 38.5 Å². The number of nitrogens with one attached hydrogen (secondary N) is 2. The van der Waals surface area contributed by atoms with Gasteiger partial charge in [-0.1, -0.05) is 35.3 Å². The van der Waals surface area contributed by atoms with Gasteiger partial charge in [-0.05, 0) is 25.2 Å². The third kappa shape index (κ3) is 5.50. The zero-order valence-corrected chi connectivity index (χ0v) is 19.8. The van der Waals surface area contributed by atoms with Gasteiger partial charge in [0.1, 0.15) is 11.0 Å². The number of pyridine rings is 1. The van der Waals surface area contributed by atoms with Gasteiger partial charge in [0.2, 0.25) is 16.0 Å². The zero-order valence-electron chi connectivity index (χ0n) is 17.4. The van der Waals surface area contributed by atoms with Crippen LogP contribution in [0.4, 0.5) is 17.5 Å². The highest BCUT2D eigenvalue weighted by molar-refractivity contribution is 7.92. The maximum Gasteiger partial charge on any atom is 0.234 e. The van der Waals surface area contributed by atoms with Crippen molar-refractivity contribution in [3.63, 3.8) is 0 Å². The van der Waals surface area contributed by atoms with Crippen molar-refractivity contribution in [3.05, 3.63) is 46.7 Å². The molecule has 2 N–H and O–H groups in total. The molecule has 0 unspecified atom stereocenters. The Morgan fingerprint density at radius 2 is 1.84 bits per heavy atom. The fourth-order valence-corrected chi connectivity index (χ4v) is 4.73. The lowest BCUT2D eigenvalue weighted by atomic mass is 10.3. The number of hydrogen-bond acceptors (Lipinski definition) is 8. The standard InChI is InChI=1S/C20H23Cl2N7O2S/c1-28-7-9-29(10-8-28)20-25-17-13-24-18(22)12-14(17)19(26-20)23-6-11-32(30,31)27-16-5-3-2-4-15(16)21/h2-5,12-13,27H,6-11H2,1H3,(H,23,25,26). The molecule has 2 aromatic heterocycles. The topological polar surface area (TPSA) is 103 Å². The van der Waals surface area contributed by atoms with Gasteiger partial charge in [-0.3, -0.25) is 4.72 Å². The molecule has 0 bridgehead atoms. The van der Waals surface area contributed by atoms with Crippen LogP contribution in [-0.4, -0.2) is 73.8 Å². The van der Waals surface area contributed by atoms with Crippen molar-refractivity contribution in [1.82, 2.24) is 19.9 Å². The van der Waals surface area contributed by atoms with Gasteiger partial charge < -0.3 is 15.1 Å². The number of piperazine rings is 1. The summed E-state index contributed by atoms with van der Waals surface area (Å²) in [5.74, 6) is 0.919. The molecule has 0 spiro atoms. The summed E-state index contributed by atoms with van der Waals surface area (Å²) >= 11 is 12.1. The molecule has 0 radical (unpaired) electrons. The van der Waals surface area contributed by atoms with Crippen LogP contribution in [0.15, 0.2) is 36.5 Å². The quantitative estimate of drug-likeness (QED) is 0.482. The fraction of sp³-hybridized carbons (Fsp3) is 0.350. The van der Waals surface area contributed by atoms with E-state index in [1.165, 1.54) is 0 Å². The largest absolute Gasteiger partial charge is 0.368 e. The molecule has 12 heteroatoms. The van der Waals surface area contributed by atoms with Gasteiger partial charge in [-0.15, -0.1) is 0 Å². The summed E-state index contributed by atoms with van der Waals surface area (Å²) in [6.45, 7) is 3.56. The van der Waals surface area contributed by atoms with Crippen LogP contribution in [0, 0.1) is 0 Å². The van der Waals surface area contributed by atoms with Gasteiger partial charge in [-0.25, -0.2) is 18.4 Å². The van der Waals surface area contributed by atoms with Crippen LogP contribution in [0.3, 0.4) is 0 Å². The van der Waals surface area contributed by atoms with E-state index in [1.54, 1.807) is 36.5 Å². The second-order valence-corrected chi connectivity index (χ2v) is 10.2. The first-order chi connectivity index (χ1) is 15.3. The molecule has 1 aliphatic rings. The maximum absolute atomic E-state index is 12.5. The Hall–Kier alpha value is -2.40. The van der Waals surface area contributed by atoms with Crippen LogP contribution in [0.5, 0.6) is 0 Å². The average Bonchev–Trinajstić information content (AvgIpc) is 2.76. The smallest absolute Gasteiger partial charge is 0.234 e. The minimum absolute atomic E-state index is 0.133. The summed E-state index contributed by atoms with van der Waals surface area (Å²) in [6, 6.07) is 8.36. The van der Waals surface area contributed by atoms with Crippen LogP contribution in [0.1, 0.15) is 0 Å². The van der Waals surface area contributed by atoms with Gasteiger partial charge in [0, 0.05) is 38.1 Å². The lowest BCUT2D eigenvalue weighted by Gasteiger charge is -2.32. The van der Waals surface area contributed by atoms with Crippen molar-refractivity contribution in [1.29, 1.82) is 0 Å². The van der Waals surface area contributed by atoms with E-state index in [-0.39, 0.29) is 12.3 Å². The van der Waals surface area contributed by atoms with Crippen LogP contribution < -0.4 is 14.9 Å². The number of benzene rings is 1. The number of sulfonamides is 1. The SMILES string of the molecule is CN1CCN(c2nc(NCCS(=O)(=O)Nc3ccccc3Cl)c3cc(Cl)ncc3n2)CC1. The molecule has 170 valence electrons. The highest BCUT2D eigenvalue weighted by atomic mass is 35.5. The first-order valence-corrected chi connectivity index (χ1v) is 12.5. The number of nitrogens with zero attached hydrogens (tertiary/aromatic N) is 5. The predicted molar refractivity (Wildman–Crippen MR) is 129 cm³/mol. The summed E-state index contributed by atoms with van der Waals surface area (Å²) in [6.07, 6.45) is 1.60.